The lowest BCUT2D eigenvalue weighted by molar-refractivity contribution is -0.139. The predicted molar refractivity (Wildman–Crippen MR) is 104 cm³/mol. The summed E-state index contributed by atoms with van der Waals surface area (Å²) in [4.78, 5) is 37.8. The van der Waals surface area contributed by atoms with Crippen molar-refractivity contribution in [1.82, 2.24) is 19.8 Å². The number of likely N-dealkylation sites (tertiary alicyclic amines) is 2. The van der Waals surface area contributed by atoms with Crippen molar-refractivity contribution in [2.45, 2.75) is 59.3 Å². The van der Waals surface area contributed by atoms with Gasteiger partial charge in [0.2, 0.25) is 5.91 Å². The molecular formula is C21H32N4O2. The highest BCUT2D eigenvalue weighted by Gasteiger charge is 2.42. The maximum absolute atomic E-state index is 13.0. The van der Waals surface area contributed by atoms with E-state index in [4.69, 9.17) is 0 Å². The van der Waals surface area contributed by atoms with Crippen LogP contribution in [0.3, 0.4) is 0 Å². The molecule has 1 unspecified atom stereocenters. The maximum atomic E-state index is 13.0. The fourth-order valence-corrected chi connectivity index (χ4v) is 4.26. The Morgan fingerprint density at radius 3 is 2.63 bits per heavy atom. The Bertz CT molecular complexity index is 673. The molecule has 6 heteroatoms. The predicted octanol–water partition coefficient (Wildman–Crippen LogP) is 2.93. The maximum Gasteiger partial charge on any atom is 0.257 e. The molecule has 2 aliphatic rings. The Morgan fingerprint density at radius 1 is 1.22 bits per heavy atom. The van der Waals surface area contributed by atoms with Gasteiger partial charge in [-0.2, -0.15) is 0 Å². The fraction of sp³-hybridized carbons (Fsp3) is 0.714. The SMILES string of the molecule is CCc1ncc(C(=O)N2CCCC3(CCC(=O)N(CCC(C)C)C3)C2)cn1. The number of nitrogens with zero attached hydrogens (tertiary/aromatic N) is 4. The van der Waals surface area contributed by atoms with Crippen molar-refractivity contribution in [3.05, 3.63) is 23.8 Å². The fourth-order valence-electron chi connectivity index (χ4n) is 4.26. The Hall–Kier alpha value is -1.98. The molecule has 0 aliphatic carbocycles. The van der Waals surface area contributed by atoms with E-state index in [1.165, 1.54) is 0 Å². The number of hydrogen-bond donors (Lipinski definition) is 0. The average molecular weight is 373 g/mol. The van der Waals surface area contributed by atoms with Gasteiger partial charge in [-0.3, -0.25) is 9.59 Å². The molecule has 0 N–H and O–H groups in total. The summed E-state index contributed by atoms with van der Waals surface area (Å²) in [7, 11) is 0. The second-order valence-electron chi connectivity index (χ2n) is 8.57. The molecule has 0 aromatic carbocycles. The van der Waals surface area contributed by atoms with Gasteiger partial charge < -0.3 is 9.80 Å². The van der Waals surface area contributed by atoms with Crippen LogP contribution in [0.5, 0.6) is 0 Å². The van der Waals surface area contributed by atoms with Crippen molar-refractivity contribution < 1.29 is 9.59 Å². The lowest BCUT2D eigenvalue weighted by atomic mass is 9.73. The van der Waals surface area contributed by atoms with Crippen LogP contribution < -0.4 is 0 Å². The van der Waals surface area contributed by atoms with Gasteiger partial charge in [-0.25, -0.2) is 9.97 Å². The number of aryl methyl sites for hydroxylation is 1. The Balaban J connectivity index is 1.68. The van der Waals surface area contributed by atoms with E-state index in [1.807, 2.05) is 16.7 Å². The molecule has 0 radical (unpaired) electrons. The first kappa shape index (κ1) is 19.8. The monoisotopic (exact) mass is 372 g/mol. The number of rotatable bonds is 5. The van der Waals surface area contributed by atoms with Crippen molar-refractivity contribution in [1.29, 1.82) is 0 Å². The van der Waals surface area contributed by atoms with E-state index in [2.05, 4.69) is 23.8 Å². The molecule has 1 spiro atoms. The van der Waals surface area contributed by atoms with Gasteiger partial charge in [-0.15, -0.1) is 0 Å². The van der Waals surface area contributed by atoms with Crippen LogP contribution in [0.25, 0.3) is 0 Å². The largest absolute Gasteiger partial charge is 0.342 e. The first-order valence-corrected chi connectivity index (χ1v) is 10.3. The van der Waals surface area contributed by atoms with Crippen molar-refractivity contribution in [2.24, 2.45) is 11.3 Å². The molecule has 0 bridgehead atoms. The number of aromatic nitrogens is 2. The number of carbonyl (C=O) groups is 2. The highest BCUT2D eigenvalue weighted by atomic mass is 16.2. The second-order valence-corrected chi connectivity index (χ2v) is 8.57. The van der Waals surface area contributed by atoms with Crippen molar-refractivity contribution in [3.8, 4) is 0 Å². The molecule has 1 aromatic rings. The normalized spacial score (nSPS) is 23.3. The Kier molecular flexibility index (Phi) is 6.12. The zero-order valence-corrected chi connectivity index (χ0v) is 16.9. The van der Waals surface area contributed by atoms with Gasteiger partial charge in [-0.1, -0.05) is 20.8 Å². The van der Waals surface area contributed by atoms with Crippen molar-refractivity contribution in [2.75, 3.05) is 26.2 Å². The van der Waals surface area contributed by atoms with E-state index in [-0.39, 0.29) is 17.2 Å². The molecule has 2 fully saturated rings. The van der Waals surface area contributed by atoms with Crippen LogP contribution in [-0.4, -0.2) is 57.8 Å². The van der Waals surface area contributed by atoms with Gasteiger partial charge in [-0.05, 0) is 31.6 Å². The van der Waals surface area contributed by atoms with Crippen LogP contribution in [0, 0.1) is 11.3 Å². The molecule has 3 rings (SSSR count). The van der Waals surface area contributed by atoms with E-state index in [0.717, 1.165) is 64.1 Å². The molecule has 6 nitrogen and oxygen atoms in total. The molecule has 3 heterocycles. The van der Waals surface area contributed by atoms with Crippen LogP contribution >= 0.6 is 0 Å². The second kappa shape index (κ2) is 8.36. The Morgan fingerprint density at radius 2 is 1.96 bits per heavy atom. The van der Waals surface area contributed by atoms with Gasteiger partial charge >= 0.3 is 0 Å². The third-order valence-electron chi connectivity index (χ3n) is 5.94. The van der Waals surface area contributed by atoms with E-state index in [0.29, 0.717) is 17.9 Å². The molecule has 2 amide bonds. The summed E-state index contributed by atoms with van der Waals surface area (Å²) in [6.45, 7) is 9.50. The standard InChI is InChI=1S/C21H32N4O2/c1-4-18-22-12-17(13-23-18)20(27)25-10-5-8-21(15-25)9-6-19(26)24(14-21)11-7-16(2)3/h12-13,16H,4-11,14-15H2,1-3H3. The summed E-state index contributed by atoms with van der Waals surface area (Å²) in [5.74, 6) is 1.63. The molecule has 2 aliphatic heterocycles. The first-order chi connectivity index (χ1) is 12.9. The molecule has 1 aromatic heterocycles. The molecular weight excluding hydrogens is 340 g/mol. The molecule has 2 saturated heterocycles. The van der Waals surface area contributed by atoms with Gasteiger partial charge in [0, 0.05) is 56.8 Å². The van der Waals surface area contributed by atoms with Gasteiger partial charge in [0.15, 0.2) is 0 Å². The Labute approximate surface area is 162 Å². The van der Waals surface area contributed by atoms with Crippen LogP contribution in [0.4, 0.5) is 0 Å². The zero-order valence-electron chi connectivity index (χ0n) is 16.9. The lowest BCUT2D eigenvalue weighted by Gasteiger charge is -2.48. The topological polar surface area (TPSA) is 66.4 Å². The lowest BCUT2D eigenvalue weighted by Crippen LogP contribution is -2.55. The van der Waals surface area contributed by atoms with Crippen LogP contribution in [0.2, 0.25) is 0 Å². The number of piperidine rings is 2. The van der Waals surface area contributed by atoms with Crippen LogP contribution in [-0.2, 0) is 11.2 Å². The highest BCUT2D eigenvalue weighted by molar-refractivity contribution is 5.93. The minimum Gasteiger partial charge on any atom is -0.342 e. The number of amides is 2. The third kappa shape index (κ3) is 4.66. The van der Waals surface area contributed by atoms with Crippen LogP contribution in [0.15, 0.2) is 12.4 Å². The minimum absolute atomic E-state index is 0.0161. The van der Waals surface area contributed by atoms with E-state index in [9.17, 15) is 9.59 Å². The highest BCUT2D eigenvalue weighted by Crippen LogP contribution is 2.39. The van der Waals surface area contributed by atoms with E-state index < -0.39 is 0 Å². The van der Waals surface area contributed by atoms with E-state index >= 15 is 0 Å². The van der Waals surface area contributed by atoms with Crippen LogP contribution in [0.1, 0.15) is 69.1 Å². The summed E-state index contributed by atoms with van der Waals surface area (Å²) in [5.41, 5.74) is 0.607. The zero-order chi connectivity index (χ0) is 19.4. The molecule has 1 atom stereocenters. The van der Waals surface area contributed by atoms with Gasteiger partial charge in [0.1, 0.15) is 5.82 Å². The quantitative estimate of drug-likeness (QED) is 0.797. The summed E-state index contributed by atoms with van der Waals surface area (Å²) in [6.07, 6.45) is 8.67. The van der Waals surface area contributed by atoms with Gasteiger partial charge in [0.25, 0.3) is 5.91 Å². The van der Waals surface area contributed by atoms with E-state index in [1.54, 1.807) is 12.4 Å². The third-order valence-corrected chi connectivity index (χ3v) is 5.94. The van der Waals surface area contributed by atoms with Crippen molar-refractivity contribution >= 4 is 11.8 Å². The average Bonchev–Trinajstić information content (AvgIpc) is 2.68. The van der Waals surface area contributed by atoms with Crippen molar-refractivity contribution in [3.63, 3.8) is 0 Å². The molecule has 148 valence electrons. The number of carbonyl (C=O) groups excluding carboxylic acids is 2. The summed E-state index contributed by atoms with van der Waals surface area (Å²) in [6, 6.07) is 0. The summed E-state index contributed by atoms with van der Waals surface area (Å²) < 4.78 is 0. The first-order valence-electron chi connectivity index (χ1n) is 10.3. The smallest absolute Gasteiger partial charge is 0.257 e. The molecule has 0 saturated carbocycles. The number of hydrogen-bond acceptors (Lipinski definition) is 4. The summed E-state index contributed by atoms with van der Waals surface area (Å²) >= 11 is 0. The minimum atomic E-state index is 0.0161. The van der Waals surface area contributed by atoms with Gasteiger partial charge in [0.05, 0.1) is 5.56 Å². The summed E-state index contributed by atoms with van der Waals surface area (Å²) in [5, 5.41) is 0. The molecule has 27 heavy (non-hydrogen) atoms.